The lowest BCUT2D eigenvalue weighted by molar-refractivity contribution is -0.137. The Morgan fingerprint density at radius 2 is 1.93 bits per heavy atom. The number of nitrogens with zero attached hydrogens (tertiary/aromatic N) is 5. The number of nitrogens with two attached hydrogens (primary N) is 1. The molecular weight excluding hydrogens is 561 g/mol. The van der Waals surface area contributed by atoms with Gasteiger partial charge in [-0.25, -0.2) is 27.8 Å². The first-order valence-electron chi connectivity index (χ1n) is 12.4. The van der Waals surface area contributed by atoms with Gasteiger partial charge in [0.25, 0.3) is 0 Å². The van der Waals surface area contributed by atoms with Gasteiger partial charge in [-0.15, -0.1) is 0 Å². The molecule has 14 heteroatoms. The van der Waals surface area contributed by atoms with Crippen LogP contribution < -0.4 is 10.6 Å². The van der Waals surface area contributed by atoms with E-state index in [2.05, 4.69) is 4.85 Å². The monoisotopic (exact) mass is 586 g/mol. The van der Waals surface area contributed by atoms with Crippen LogP contribution in [0.25, 0.3) is 4.85 Å². The van der Waals surface area contributed by atoms with Crippen molar-refractivity contribution in [1.29, 1.82) is 5.26 Å². The number of hydrogen-bond acceptors (Lipinski definition) is 6. The van der Waals surface area contributed by atoms with Gasteiger partial charge in [-0.3, -0.25) is 4.90 Å². The Morgan fingerprint density at radius 1 is 1.22 bits per heavy atom. The highest BCUT2D eigenvalue weighted by Gasteiger charge is 2.47. The van der Waals surface area contributed by atoms with Crippen molar-refractivity contribution in [3.05, 3.63) is 82.0 Å². The molecule has 0 radical (unpaired) electrons. The van der Waals surface area contributed by atoms with Crippen LogP contribution in [0.2, 0.25) is 0 Å². The molecule has 2 aliphatic rings. The van der Waals surface area contributed by atoms with E-state index in [4.69, 9.17) is 12.3 Å². The third-order valence-electron chi connectivity index (χ3n) is 6.94. The van der Waals surface area contributed by atoms with E-state index in [9.17, 15) is 36.4 Å². The van der Waals surface area contributed by atoms with Crippen LogP contribution in [0.4, 0.5) is 28.4 Å². The predicted octanol–water partition coefficient (Wildman–Crippen LogP) is 4.66. The average Bonchev–Trinajstić information content (AvgIpc) is 2.91. The average molecular weight is 587 g/mol. The number of halogens is 3. The van der Waals surface area contributed by atoms with E-state index in [0.29, 0.717) is 17.7 Å². The fourth-order valence-electron chi connectivity index (χ4n) is 5.03. The van der Waals surface area contributed by atoms with Crippen LogP contribution in [-0.2, 0) is 16.0 Å². The van der Waals surface area contributed by atoms with Crippen molar-refractivity contribution in [2.45, 2.75) is 42.9 Å². The number of nitriles is 1. The van der Waals surface area contributed by atoms with Crippen LogP contribution in [0.15, 0.2) is 58.8 Å². The van der Waals surface area contributed by atoms with Gasteiger partial charge in [0.15, 0.2) is 9.84 Å². The van der Waals surface area contributed by atoms with E-state index in [0.717, 1.165) is 35.4 Å². The first-order valence-corrected chi connectivity index (χ1v) is 14.3. The van der Waals surface area contributed by atoms with Crippen molar-refractivity contribution in [3.63, 3.8) is 0 Å². The summed E-state index contributed by atoms with van der Waals surface area (Å²) in [6.45, 7) is 9.58. The van der Waals surface area contributed by atoms with Crippen LogP contribution in [0.1, 0.15) is 42.5 Å². The number of likely N-dealkylation sites (tertiary alicyclic amines) is 1. The van der Waals surface area contributed by atoms with Gasteiger partial charge in [-0.2, -0.15) is 18.4 Å². The molecule has 4 rings (SSSR count). The molecule has 0 spiro atoms. The summed E-state index contributed by atoms with van der Waals surface area (Å²) in [4.78, 5) is 34.1. The van der Waals surface area contributed by atoms with Crippen molar-refractivity contribution in [2.75, 3.05) is 24.2 Å². The number of sulfone groups is 1. The van der Waals surface area contributed by atoms with E-state index >= 15 is 0 Å². The minimum Gasteiger partial charge on any atom is -0.326 e. The first kappa shape index (κ1) is 29.6. The SMILES string of the molecule is [C-]#[N+]C1=C(C)N(c2cccc(C(F)(F)F)c2)C(=O)N(C(=O)N2CCC[C@@H](N)C2)[C@@H]1c1ccc(C#N)cc1S(C)(=O)=O. The number of alkyl halides is 3. The van der Waals surface area contributed by atoms with Gasteiger partial charge < -0.3 is 10.6 Å². The topological polar surface area (TPSA) is 132 Å². The molecule has 2 aromatic rings. The van der Waals surface area contributed by atoms with Crippen LogP contribution >= 0.6 is 0 Å². The smallest absolute Gasteiger partial charge is 0.326 e. The molecule has 2 aliphatic heterocycles. The summed E-state index contributed by atoms with van der Waals surface area (Å²) in [7, 11) is -4.05. The number of carbonyl (C=O) groups excluding carboxylic acids is 2. The van der Waals surface area contributed by atoms with E-state index < -0.39 is 45.7 Å². The lowest BCUT2D eigenvalue weighted by Crippen LogP contribution is -2.58. The van der Waals surface area contributed by atoms with Crippen LogP contribution in [0.3, 0.4) is 0 Å². The van der Waals surface area contributed by atoms with Crippen molar-refractivity contribution < 1.29 is 31.2 Å². The number of hydrogen-bond donors (Lipinski definition) is 1. The molecule has 2 N–H and O–H groups in total. The molecule has 2 atom stereocenters. The quantitative estimate of drug-likeness (QED) is 0.521. The molecule has 2 aromatic carbocycles. The number of piperidine rings is 1. The molecule has 214 valence electrons. The van der Waals surface area contributed by atoms with Gasteiger partial charge in [0, 0.05) is 36.8 Å². The highest BCUT2D eigenvalue weighted by Crippen LogP contribution is 2.43. The second-order valence-corrected chi connectivity index (χ2v) is 11.8. The highest BCUT2D eigenvalue weighted by molar-refractivity contribution is 7.90. The minimum atomic E-state index is -4.73. The van der Waals surface area contributed by atoms with E-state index in [1.165, 1.54) is 30.0 Å². The van der Waals surface area contributed by atoms with Gasteiger partial charge in [-0.1, -0.05) is 12.1 Å². The Morgan fingerprint density at radius 3 is 2.51 bits per heavy atom. The number of urea groups is 2. The van der Waals surface area contributed by atoms with Gasteiger partial charge in [0.05, 0.1) is 28.7 Å². The Balaban J connectivity index is 2.00. The lowest BCUT2D eigenvalue weighted by atomic mass is 9.96. The Labute approximate surface area is 234 Å². The van der Waals surface area contributed by atoms with Crippen molar-refractivity contribution >= 4 is 27.6 Å². The lowest BCUT2D eigenvalue weighted by Gasteiger charge is -2.43. The molecule has 10 nitrogen and oxygen atoms in total. The molecule has 2 heterocycles. The molecule has 0 aliphatic carbocycles. The number of imide groups is 1. The number of amides is 4. The van der Waals surface area contributed by atoms with Crippen LogP contribution in [0.5, 0.6) is 0 Å². The van der Waals surface area contributed by atoms with Gasteiger partial charge in [0.2, 0.25) is 5.70 Å². The van der Waals surface area contributed by atoms with Crippen molar-refractivity contribution in [2.24, 2.45) is 5.73 Å². The summed E-state index contributed by atoms with van der Waals surface area (Å²) in [5.74, 6) is 0. The second-order valence-electron chi connectivity index (χ2n) is 9.79. The molecule has 41 heavy (non-hydrogen) atoms. The Hall–Kier alpha value is -4.40. The van der Waals surface area contributed by atoms with Gasteiger partial charge >= 0.3 is 18.2 Å². The third-order valence-corrected chi connectivity index (χ3v) is 8.10. The number of carbonyl (C=O) groups is 2. The van der Waals surface area contributed by atoms with E-state index in [1.807, 2.05) is 6.07 Å². The number of rotatable bonds is 3. The summed E-state index contributed by atoms with van der Waals surface area (Å²) in [6, 6.07) is 5.46. The second kappa shape index (κ2) is 10.9. The Bertz CT molecular complexity index is 1640. The zero-order chi connectivity index (χ0) is 30.3. The fraction of sp³-hybridized carbons (Fsp3) is 0.333. The highest BCUT2D eigenvalue weighted by atomic mass is 32.2. The number of allylic oxidation sites excluding steroid dienone is 1. The van der Waals surface area contributed by atoms with Crippen molar-refractivity contribution in [1.82, 2.24) is 9.80 Å². The van der Waals surface area contributed by atoms with Crippen LogP contribution in [0, 0.1) is 17.9 Å². The molecule has 0 unspecified atom stereocenters. The minimum absolute atomic E-state index is 0.00755. The summed E-state index contributed by atoms with van der Waals surface area (Å²) in [6.07, 6.45) is -2.70. The number of benzene rings is 2. The van der Waals surface area contributed by atoms with Gasteiger partial charge in [0.1, 0.15) is 6.04 Å². The summed E-state index contributed by atoms with van der Waals surface area (Å²) in [5.41, 5.74) is 4.31. The molecule has 1 saturated heterocycles. The zero-order valence-corrected chi connectivity index (χ0v) is 22.8. The standard InChI is InChI=1S/C27H25F3N6O4S/c1-16-23(33-2)24(21-10-9-17(14-31)12-22(21)41(3,39)40)36(25(37)34-11-5-7-19(32)15-34)26(38)35(16)20-8-4-6-18(13-20)27(28,29)30/h4,6,8-10,12-13,19,24H,5,7,11,15,32H2,1,3H3/t19-,24-/m1/s1. The first-order chi connectivity index (χ1) is 19.2. The maximum atomic E-state index is 14.1. The van der Waals surface area contributed by atoms with Crippen molar-refractivity contribution in [3.8, 4) is 6.07 Å². The Kier molecular flexibility index (Phi) is 7.85. The fourth-order valence-corrected chi connectivity index (χ4v) is 5.98. The molecule has 4 amide bonds. The molecule has 0 aromatic heterocycles. The van der Waals surface area contributed by atoms with E-state index in [1.54, 1.807) is 0 Å². The summed E-state index contributed by atoms with van der Waals surface area (Å²) >= 11 is 0. The van der Waals surface area contributed by atoms with E-state index in [-0.39, 0.29) is 46.2 Å². The maximum Gasteiger partial charge on any atom is 0.416 e. The largest absolute Gasteiger partial charge is 0.416 e. The summed E-state index contributed by atoms with van der Waals surface area (Å²) in [5, 5.41) is 9.36. The molecule has 1 fully saturated rings. The molecule has 0 bridgehead atoms. The molecular formula is C27H25F3N6O4S. The molecule has 0 saturated carbocycles. The van der Waals surface area contributed by atoms with Gasteiger partial charge in [-0.05, 0) is 55.7 Å². The summed E-state index contributed by atoms with van der Waals surface area (Å²) < 4.78 is 66.2. The normalized spacial score (nSPS) is 20.1. The number of anilines is 1. The third kappa shape index (κ3) is 5.62. The van der Waals surface area contributed by atoms with Crippen LogP contribution in [-0.4, -0.2) is 55.7 Å². The predicted molar refractivity (Wildman–Crippen MR) is 142 cm³/mol. The maximum absolute atomic E-state index is 14.1. The zero-order valence-electron chi connectivity index (χ0n) is 22.0.